The van der Waals surface area contributed by atoms with E-state index in [9.17, 15) is 0 Å². The van der Waals surface area contributed by atoms with Crippen LogP contribution in [0.3, 0.4) is 0 Å². The van der Waals surface area contributed by atoms with Gasteiger partial charge in [0.1, 0.15) is 0 Å². The molecule has 3 atom stereocenters. The third-order valence-electron chi connectivity index (χ3n) is 6.36. The van der Waals surface area contributed by atoms with E-state index in [1.807, 2.05) is 0 Å². The molecule has 2 aromatic rings. The number of piperidine rings is 1. The first-order valence-electron chi connectivity index (χ1n) is 10.8. The Morgan fingerprint density at radius 2 is 1.78 bits per heavy atom. The Bertz CT molecular complexity index is 724. The van der Waals surface area contributed by atoms with E-state index >= 15 is 0 Å². The molecule has 1 aliphatic heterocycles. The van der Waals surface area contributed by atoms with Crippen LogP contribution in [0, 0.1) is 5.92 Å². The summed E-state index contributed by atoms with van der Waals surface area (Å²) in [5.41, 5.74) is 4.48. The van der Waals surface area contributed by atoms with Gasteiger partial charge in [0.25, 0.3) is 0 Å². The van der Waals surface area contributed by atoms with Gasteiger partial charge in [-0.15, -0.1) is 0 Å². The summed E-state index contributed by atoms with van der Waals surface area (Å²) in [5.74, 6) is 1.22. The van der Waals surface area contributed by atoms with Gasteiger partial charge in [0.15, 0.2) is 0 Å². The summed E-state index contributed by atoms with van der Waals surface area (Å²) < 4.78 is 0. The molecule has 1 fully saturated rings. The monoisotopic (exact) mass is 362 g/mol. The molecular formula is C25H34N2. The number of nitrogens with one attached hydrogen (secondary N) is 1. The second-order valence-electron chi connectivity index (χ2n) is 8.84. The Morgan fingerprint density at radius 1 is 1.00 bits per heavy atom. The molecular weight excluding hydrogens is 328 g/mol. The third-order valence-corrected chi connectivity index (χ3v) is 6.36. The van der Waals surface area contributed by atoms with E-state index in [4.69, 9.17) is 0 Å². The molecule has 3 unspecified atom stereocenters. The van der Waals surface area contributed by atoms with Crippen LogP contribution in [0.4, 0.5) is 0 Å². The van der Waals surface area contributed by atoms with Crippen LogP contribution < -0.4 is 5.32 Å². The molecule has 4 rings (SSSR count). The van der Waals surface area contributed by atoms with E-state index in [0.717, 1.165) is 18.9 Å². The van der Waals surface area contributed by atoms with Crippen molar-refractivity contribution >= 4 is 0 Å². The first-order valence-corrected chi connectivity index (χ1v) is 10.8. The van der Waals surface area contributed by atoms with Crippen molar-refractivity contribution in [2.45, 2.75) is 57.5 Å². The summed E-state index contributed by atoms with van der Waals surface area (Å²) in [6.07, 6.45) is 5.24. The van der Waals surface area contributed by atoms with Crippen molar-refractivity contribution in [2.24, 2.45) is 5.92 Å². The zero-order chi connectivity index (χ0) is 18.6. The van der Waals surface area contributed by atoms with Gasteiger partial charge in [-0.1, -0.05) is 74.9 Å². The van der Waals surface area contributed by atoms with Crippen molar-refractivity contribution in [2.75, 3.05) is 19.6 Å². The molecule has 0 amide bonds. The van der Waals surface area contributed by atoms with E-state index < -0.39 is 0 Å². The van der Waals surface area contributed by atoms with E-state index in [2.05, 4.69) is 78.7 Å². The molecule has 2 aromatic carbocycles. The van der Waals surface area contributed by atoms with Crippen LogP contribution in [0.15, 0.2) is 54.6 Å². The average Bonchev–Trinajstić information content (AvgIpc) is 3.06. The number of fused-ring (bicyclic) bond motifs is 1. The molecule has 2 aliphatic rings. The summed E-state index contributed by atoms with van der Waals surface area (Å²) in [7, 11) is 0. The normalized spacial score (nSPS) is 25.7. The molecule has 1 saturated heterocycles. The number of nitrogens with zero attached hydrogens (tertiary/aromatic N) is 1. The molecule has 0 radical (unpaired) electrons. The molecule has 144 valence electrons. The predicted molar refractivity (Wildman–Crippen MR) is 114 cm³/mol. The standard InChI is InChI=1S/C25H34N2/c1-19(2)18-27-15-9-8-13-22(27)17-26-24-16-21-12-6-7-14-23(21)25(24)20-10-4-3-5-11-20/h3-7,10-12,14,19,22,24-26H,8-9,13,15-18H2,1-2H3. The molecule has 1 heterocycles. The van der Waals surface area contributed by atoms with Gasteiger partial charge >= 0.3 is 0 Å². The lowest BCUT2D eigenvalue weighted by molar-refractivity contribution is 0.127. The SMILES string of the molecule is CC(C)CN1CCCCC1CNC1Cc2ccccc2C1c1ccccc1. The highest BCUT2D eigenvalue weighted by Crippen LogP contribution is 2.38. The fraction of sp³-hybridized carbons (Fsp3) is 0.520. The van der Waals surface area contributed by atoms with Crippen molar-refractivity contribution in [3.63, 3.8) is 0 Å². The Hall–Kier alpha value is -1.64. The molecule has 0 bridgehead atoms. The van der Waals surface area contributed by atoms with Gasteiger partial charge < -0.3 is 5.32 Å². The van der Waals surface area contributed by atoms with E-state index in [0.29, 0.717) is 18.0 Å². The van der Waals surface area contributed by atoms with Crippen LogP contribution >= 0.6 is 0 Å². The van der Waals surface area contributed by atoms with Crippen LogP contribution in [0.25, 0.3) is 0 Å². The summed E-state index contributed by atoms with van der Waals surface area (Å²) >= 11 is 0. The van der Waals surface area contributed by atoms with Gasteiger partial charge in [0, 0.05) is 31.1 Å². The number of hydrogen-bond acceptors (Lipinski definition) is 2. The smallest absolute Gasteiger partial charge is 0.0249 e. The Kier molecular flexibility index (Phi) is 5.95. The fourth-order valence-corrected chi connectivity index (χ4v) is 5.15. The average molecular weight is 363 g/mol. The van der Waals surface area contributed by atoms with Crippen LogP contribution in [-0.4, -0.2) is 36.6 Å². The van der Waals surface area contributed by atoms with E-state index in [1.165, 1.54) is 49.0 Å². The van der Waals surface area contributed by atoms with Crippen molar-refractivity contribution in [3.8, 4) is 0 Å². The van der Waals surface area contributed by atoms with Gasteiger partial charge in [-0.3, -0.25) is 4.90 Å². The topological polar surface area (TPSA) is 15.3 Å². The van der Waals surface area contributed by atoms with Gasteiger partial charge in [-0.25, -0.2) is 0 Å². The summed E-state index contributed by atoms with van der Waals surface area (Å²) in [5, 5.41) is 4.01. The molecule has 2 nitrogen and oxygen atoms in total. The molecule has 27 heavy (non-hydrogen) atoms. The Morgan fingerprint density at radius 3 is 2.59 bits per heavy atom. The maximum atomic E-state index is 4.01. The van der Waals surface area contributed by atoms with Crippen molar-refractivity contribution in [3.05, 3.63) is 71.3 Å². The lowest BCUT2D eigenvalue weighted by Gasteiger charge is -2.38. The molecule has 2 heteroatoms. The largest absolute Gasteiger partial charge is 0.311 e. The van der Waals surface area contributed by atoms with Gasteiger partial charge in [-0.05, 0) is 48.4 Å². The maximum Gasteiger partial charge on any atom is 0.0249 e. The summed E-state index contributed by atoms with van der Waals surface area (Å²) in [6.45, 7) is 8.32. The Labute approximate surface area is 165 Å². The van der Waals surface area contributed by atoms with Gasteiger partial charge in [0.05, 0.1) is 0 Å². The first kappa shape index (κ1) is 18.7. The van der Waals surface area contributed by atoms with Crippen LogP contribution in [-0.2, 0) is 6.42 Å². The molecule has 0 aromatic heterocycles. The minimum Gasteiger partial charge on any atom is -0.311 e. The second-order valence-corrected chi connectivity index (χ2v) is 8.84. The van der Waals surface area contributed by atoms with Crippen molar-refractivity contribution in [1.29, 1.82) is 0 Å². The van der Waals surface area contributed by atoms with E-state index in [-0.39, 0.29) is 0 Å². The number of hydrogen-bond donors (Lipinski definition) is 1. The highest BCUT2D eigenvalue weighted by atomic mass is 15.2. The highest BCUT2D eigenvalue weighted by Gasteiger charge is 2.34. The van der Waals surface area contributed by atoms with Gasteiger partial charge in [0.2, 0.25) is 0 Å². The zero-order valence-electron chi connectivity index (χ0n) is 16.9. The van der Waals surface area contributed by atoms with Crippen LogP contribution in [0.1, 0.15) is 55.7 Å². The quantitative estimate of drug-likeness (QED) is 0.791. The van der Waals surface area contributed by atoms with Crippen LogP contribution in [0.5, 0.6) is 0 Å². The molecule has 1 aliphatic carbocycles. The lowest BCUT2D eigenvalue weighted by atomic mass is 9.90. The lowest BCUT2D eigenvalue weighted by Crippen LogP contribution is -2.49. The van der Waals surface area contributed by atoms with E-state index in [1.54, 1.807) is 0 Å². The molecule has 1 N–H and O–H groups in total. The highest BCUT2D eigenvalue weighted by molar-refractivity contribution is 5.44. The predicted octanol–water partition coefficient (Wildman–Crippen LogP) is 4.84. The summed E-state index contributed by atoms with van der Waals surface area (Å²) in [4.78, 5) is 2.74. The van der Waals surface area contributed by atoms with Crippen molar-refractivity contribution in [1.82, 2.24) is 10.2 Å². The third kappa shape index (κ3) is 4.28. The number of rotatable bonds is 6. The fourth-order valence-electron chi connectivity index (χ4n) is 5.15. The first-order chi connectivity index (χ1) is 13.2. The van der Waals surface area contributed by atoms with Crippen LogP contribution in [0.2, 0.25) is 0 Å². The molecule has 0 saturated carbocycles. The minimum atomic E-state index is 0.476. The second kappa shape index (κ2) is 8.58. The maximum absolute atomic E-state index is 4.01. The Balaban J connectivity index is 1.49. The van der Waals surface area contributed by atoms with Crippen molar-refractivity contribution < 1.29 is 0 Å². The summed E-state index contributed by atoms with van der Waals surface area (Å²) in [6, 6.07) is 21.3. The van der Waals surface area contributed by atoms with Gasteiger partial charge in [-0.2, -0.15) is 0 Å². The minimum absolute atomic E-state index is 0.476. The number of likely N-dealkylation sites (tertiary alicyclic amines) is 1. The number of benzene rings is 2. The zero-order valence-corrected chi connectivity index (χ0v) is 16.9. The molecule has 0 spiro atoms.